The molecule has 1 aromatic carbocycles. The molecule has 0 spiro atoms. The molecule has 0 bridgehead atoms. The number of nitrogens with one attached hydrogen (secondary N) is 1. The molecule has 20 heavy (non-hydrogen) atoms. The van der Waals surface area contributed by atoms with Gasteiger partial charge in [-0.1, -0.05) is 47.5 Å². The van der Waals surface area contributed by atoms with E-state index >= 15 is 0 Å². The van der Waals surface area contributed by atoms with Crippen LogP contribution in [0.15, 0.2) is 28.7 Å². The van der Waals surface area contributed by atoms with E-state index in [4.69, 9.17) is 0 Å². The summed E-state index contributed by atoms with van der Waals surface area (Å²) in [6.07, 6.45) is 5.30. The Kier molecular flexibility index (Phi) is 6.53. The molecular formula is C17H27BrN2. The first-order valence-corrected chi connectivity index (χ1v) is 8.68. The number of hydrogen-bond donors (Lipinski definition) is 1. The minimum Gasteiger partial charge on any atom is -0.313 e. The summed E-state index contributed by atoms with van der Waals surface area (Å²) in [4.78, 5) is 2.65. The van der Waals surface area contributed by atoms with Crippen molar-refractivity contribution in [3.8, 4) is 0 Å². The van der Waals surface area contributed by atoms with Gasteiger partial charge >= 0.3 is 0 Å². The average molecular weight is 339 g/mol. The third-order valence-corrected chi connectivity index (χ3v) is 5.27. The number of rotatable bonds is 6. The van der Waals surface area contributed by atoms with Crippen LogP contribution in [0.5, 0.6) is 0 Å². The lowest BCUT2D eigenvalue weighted by Crippen LogP contribution is -2.37. The Labute approximate surface area is 132 Å². The van der Waals surface area contributed by atoms with Crippen LogP contribution >= 0.6 is 15.9 Å². The standard InChI is InChI=1S/C17H27BrN2/c1-3-14-7-6-11-20(13-14)12-10-17(19-2)15-8-4-5-9-16(15)18/h4-5,8-9,14,17,19H,3,6-7,10-13H2,1-2H3. The average Bonchev–Trinajstić information content (AvgIpc) is 2.49. The van der Waals surface area contributed by atoms with Crippen molar-refractivity contribution in [3.63, 3.8) is 0 Å². The molecule has 2 nitrogen and oxygen atoms in total. The third kappa shape index (κ3) is 4.31. The van der Waals surface area contributed by atoms with Gasteiger partial charge in [-0.15, -0.1) is 0 Å². The van der Waals surface area contributed by atoms with Gasteiger partial charge in [0.1, 0.15) is 0 Å². The topological polar surface area (TPSA) is 15.3 Å². The summed E-state index contributed by atoms with van der Waals surface area (Å²) in [5.74, 6) is 0.917. The number of likely N-dealkylation sites (tertiary alicyclic amines) is 1. The van der Waals surface area contributed by atoms with E-state index in [9.17, 15) is 0 Å². The zero-order chi connectivity index (χ0) is 14.4. The normalized spacial score (nSPS) is 21.9. The fourth-order valence-electron chi connectivity index (χ4n) is 3.21. The molecule has 112 valence electrons. The summed E-state index contributed by atoms with van der Waals surface area (Å²) >= 11 is 3.67. The summed E-state index contributed by atoms with van der Waals surface area (Å²) in [5, 5.41) is 3.47. The summed E-state index contributed by atoms with van der Waals surface area (Å²) in [7, 11) is 2.06. The Hall–Kier alpha value is -0.380. The van der Waals surface area contributed by atoms with Crippen LogP contribution < -0.4 is 5.32 Å². The molecule has 3 heteroatoms. The van der Waals surface area contributed by atoms with Crippen molar-refractivity contribution in [1.29, 1.82) is 0 Å². The maximum Gasteiger partial charge on any atom is 0.0340 e. The Bertz CT molecular complexity index is 408. The molecule has 2 atom stereocenters. The van der Waals surface area contributed by atoms with E-state index in [0.717, 1.165) is 5.92 Å². The van der Waals surface area contributed by atoms with Crippen LogP contribution in [0, 0.1) is 5.92 Å². The van der Waals surface area contributed by atoms with Crippen LogP contribution in [0.25, 0.3) is 0 Å². The number of halogens is 1. The predicted octanol–water partition coefficient (Wildman–Crippen LogP) is 4.22. The minimum absolute atomic E-state index is 0.438. The number of hydrogen-bond acceptors (Lipinski definition) is 2. The first-order valence-electron chi connectivity index (χ1n) is 7.88. The third-order valence-electron chi connectivity index (χ3n) is 4.54. The fourth-order valence-corrected chi connectivity index (χ4v) is 3.77. The molecule has 1 saturated heterocycles. The van der Waals surface area contributed by atoms with E-state index in [-0.39, 0.29) is 0 Å². The van der Waals surface area contributed by atoms with Gasteiger partial charge in [-0.2, -0.15) is 0 Å². The molecule has 1 fully saturated rings. The van der Waals surface area contributed by atoms with Crippen LogP contribution in [0.3, 0.4) is 0 Å². The van der Waals surface area contributed by atoms with Crippen molar-refractivity contribution in [2.75, 3.05) is 26.7 Å². The van der Waals surface area contributed by atoms with Crippen molar-refractivity contribution >= 4 is 15.9 Å². The highest BCUT2D eigenvalue weighted by Crippen LogP contribution is 2.26. The highest BCUT2D eigenvalue weighted by molar-refractivity contribution is 9.10. The van der Waals surface area contributed by atoms with Gasteiger partial charge in [0, 0.05) is 17.1 Å². The van der Waals surface area contributed by atoms with E-state index in [1.165, 1.54) is 55.4 Å². The highest BCUT2D eigenvalue weighted by atomic mass is 79.9. The Morgan fingerprint density at radius 2 is 2.20 bits per heavy atom. The maximum absolute atomic E-state index is 3.67. The molecule has 1 N–H and O–H groups in total. The summed E-state index contributed by atoms with van der Waals surface area (Å²) in [6.45, 7) is 6.10. The molecule has 1 aromatic rings. The number of benzene rings is 1. The lowest BCUT2D eigenvalue weighted by molar-refractivity contribution is 0.165. The molecule has 0 amide bonds. The molecule has 1 aliphatic rings. The van der Waals surface area contributed by atoms with Crippen molar-refractivity contribution in [3.05, 3.63) is 34.3 Å². The molecule has 2 unspecified atom stereocenters. The van der Waals surface area contributed by atoms with Crippen LogP contribution in [-0.4, -0.2) is 31.6 Å². The quantitative estimate of drug-likeness (QED) is 0.835. The van der Waals surface area contributed by atoms with Crippen molar-refractivity contribution in [1.82, 2.24) is 10.2 Å². The molecule has 1 aliphatic heterocycles. The second-order valence-electron chi connectivity index (χ2n) is 5.87. The minimum atomic E-state index is 0.438. The van der Waals surface area contributed by atoms with Gasteiger partial charge in [-0.3, -0.25) is 0 Å². The Morgan fingerprint density at radius 1 is 1.40 bits per heavy atom. The summed E-state index contributed by atoms with van der Waals surface area (Å²) in [5.41, 5.74) is 1.37. The molecule has 0 saturated carbocycles. The molecule has 0 radical (unpaired) electrons. The second-order valence-corrected chi connectivity index (χ2v) is 6.72. The molecule has 2 rings (SSSR count). The van der Waals surface area contributed by atoms with E-state index in [2.05, 4.69) is 64.4 Å². The van der Waals surface area contributed by atoms with Gasteiger partial charge < -0.3 is 10.2 Å². The largest absolute Gasteiger partial charge is 0.313 e. The van der Waals surface area contributed by atoms with Gasteiger partial charge in [0.25, 0.3) is 0 Å². The van der Waals surface area contributed by atoms with Crippen molar-refractivity contribution in [2.24, 2.45) is 5.92 Å². The second kappa shape index (κ2) is 8.16. The first kappa shape index (κ1) is 16.0. The van der Waals surface area contributed by atoms with Crippen LogP contribution in [0.1, 0.15) is 44.2 Å². The van der Waals surface area contributed by atoms with E-state index in [1.54, 1.807) is 0 Å². The lowest BCUT2D eigenvalue weighted by atomic mass is 9.95. The van der Waals surface area contributed by atoms with Crippen LogP contribution in [-0.2, 0) is 0 Å². The maximum atomic E-state index is 3.67. The fraction of sp³-hybridized carbons (Fsp3) is 0.647. The lowest BCUT2D eigenvalue weighted by Gasteiger charge is -2.33. The first-order chi connectivity index (χ1) is 9.74. The molecule has 0 aliphatic carbocycles. The van der Waals surface area contributed by atoms with Gasteiger partial charge in [0.15, 0.2) is 0 Å². The van der Waals surface area contributed by atoms with E-state index < -0.39 is 0 Å². The predicted molar refractivity (Wildman–Crippen MR) is 90.0 cm³/mol. The van der Waals surface area contributed by atoms with E-state index in [1.807, 2.05) is 0 Å². The summed E-state index contributed by atoms with van der Waals surface area (Å²) < 4.78 is 1.21. The Balaban J connectivity index is 1.89. The van der Waals surface area contributed by atoms with Gasteiger partial charge in [-0.05, 0) is 56.9 Å². The number of nitrogens with zero attached hydrogens (tertiary/aromatic N) is 1. The van der Waals surface area contributed by atoms with Crippen LogP contribution in [0.4, 0.5) is 0 Å². The SMILES string of the molecule is CCC1CCCN(CCC(NC)c2ccccc2Br)C1. The molecule has 0 aromatic heterocycles. The zero-order valence-corrected chi connectivity index (χ0v) is 14.3. The molecular weight excluding hydrogens is 312 g/mol. The van der Waals surface area contributed by atoms with Crippen molar-refractivity contribution in [2.45, 2.75) is 38.6 Å². The smallest absolute Gasteiger partial charge is 0.0340 e. The highest BCUT2D eigenvalue weighted by Gasteiger charge is 2.20. The van der Waals surface area contributed by atoms with Crippen LogP contribution in [0.2, 0.25) is 0 Å². The van der Waals surface area contributed by atoms with Gasteiger partial charge in [0.2, 0.25) is 0 Å². The van der Waals surface area contributed by atoms with Gasteiger partial charge in [0.05, 0.1) is 0 Å². The number of piperidine rings is 1. The zero-order valence-electron chi connectivity index (χ0n) is 12.7. The van der Waals surface area contributed by atoms with E-state index in [0.29, 0.717) is 6.04 Å². The Morgan fingerprint density at radius 3 is 2.90 bits per heavy atom. The van der Waals surface area contributed by atoms with Crippen molar-refractivity contribution < 1.29 is 0 Å². The molecule has 1 heterocycles. The monoisotopic (exact) mass is 338 g/mol. The summed E-state index contributed by atoms with van der Waals surface area (Å²) in [6, 6.07) is 8.99. The van der Waals surface area contributed by atoms with Gasteiger partial charge in [-0.25, -0.2) is 0 Å².